The molecule has 0 radical (unpaired) electrons. The van der Waals surface area contributed by atoms with Gasteiger partial charge in [-0.3, -0.25) is 4.79 Å². The van der Waals surface area contributed by atoms with E-state index in [0.717, 1.165) is 47.9 Å². The van der Waals surface area contributed by atoms with Crippen LogP contribution in [0.1, 0.15) is 35.1 Å². The Morgan fingerprint density at radius 2 is 2.04 bits per heavy atom. The van der Waals surface area contributed by atoms with E-state index in [2.05, 4.69) is 25.9 Å². The van der Waals surface area contributed by atoms with E-state index in [-0.39, 0.29) is 5.91 Å². The lowest BCUT2D eigenvalue weighted by Crippen LogP contribution is -2.30. The first kappa shape index (κ1) is 16.9. The highest BCUT2D eigenvalue weighted by Gasteiger charge is 2.23. The minimum absolute atomic E-state index is 0.246. The first-order valence-electron chi connectivity index (χ1n) is 8.67. The second kappa shape index (κ2) is 7.35. The van der Waals surface area contributed by atoms with Crippen molar-refractivity contribution in [2.75, 3.05) is 18.4 Å². The third-order valence-corrected chi connectivity index (χ3v) is 5.38. The minimum Gasteiger partial charge on any atom is -0.317 e. The molecule has 3 aromatic rings. The van der Waals surface area contributed by atoms with E-state index in [1.54, 1.807) is 5.51 Å². The normalized spacial score (nSPS) is 15.1. The fourth-order valence-electron chi connectivity index (χ4n) is 3.25. The van der Waals surface area contributed by atoms with Crippen molar-refractivity contribution in [2.24, 2.45) is 0 Å². The number of carbonyl (C=O) groups excluding carboxylic acids is 1. The van der Waals surface area contributed by atoms with Crippen LogP contribution in [0.15, 0.2) is 35.8 Å². The number of amides is 1. The summed E-state index contributed by atoms with van der Waals surface area (Å²) in [6.45, 7) is 3.83. The molecule has 0 aliphatic carbocycles. The van der Waals surface area contributed by atoms with Crippen molar-refractivity contribution >= 4 is 22.2 Å². The second-order valence-electron chi connectivity index (χ2n) is 6.30. The van der Waals surface area contributed by atoms with E-state index in [1.807, 2.05) is 41.9 Å². The zero-order valence-electron chi connectivity index (χ0n) is 14.5. The minimum atomic E-state index is -0.246. The van der Waals surface area contributed by atoms with Crippen LogP contribution in [0.3, 0.4) is 0 Å². The summed E-state index contributed by atoms with van der Waals surface area (Å²) >= 11 is 1.40. The summed E-state index contributed by atoms with van der Waals surface area (Å²) in [6, 6.07) is 10.1. The van der Waals surface area contributed by atoms with Gasteiger partial charge in [0.1, 0.15) is 10.7 Å². The van der Waals surface area contributed by atoms with Gasteiger partial charge >= 0.3 is 0 Å². The van der Waals surface area contributed by atoms with Crippen molar-refractivity contribution in [3.8, 4) is 11.3 Å². The quantitative estimate of drug-likeness (QED) is 0.740. The molecular formula is C18H20N6OS. The number of piperidine rings is 1. The predicted octanol–water partition coefficient (Wildman–Crippen LogP) is 2.89. The van der Waals surface area contributed by atoms with Gasteiger partial charge in [0.2, 0.25) is 0 Å². The molecular weight excluding hydrogens is 348 g/mol. The molecule has 1 aliphatic rings. The number of anilines is 1. The van der Waals surface area contributed by atoms with Crippen molar-refractivity contribution in [2.45, 2.75) is 25.8 Å². The van der Waals surface area contributed by atoms with Crippen molar-refractivity contribution in [3.63, 3.8) is 0 Å². The summed E-state index contributed by atoms with van der Waals surface area (Å²) in [5, 5.41) is 15.4. The highest BCUT2D eigenvalue weighted by molar-refractivity contribution is 7.14. The van der Waals surface area contributed by atoms with E-state index in [0.29, 0.717) is 11.7 Å². The smallest absolute Gasteiger partial charge is 0.278 e. The lowest BCUT2D eigenvalue weighted by Gasteiger charge is -2.23. The van der Waals surface area contributed by atoms with Crippen LogP contribution in [0, 0.1) is 6.92 Å². The van der Waals surface area contributed by atoms with E-state index >= 15 is 0 Å². The average Bonchev–Trinajstić information content (AvgIpc) is 3.29. The summed E-state index contributed by atoms with van der Waals surface area (Å²) in [5.74, 6) is -0.246. The van der Waals surface area contributed by atoms with E-state index < -0.39 is 0 Å². The Kier molecular flexibility index (Phi) is 4.77. The SMILES string of the molecule is Cc1c(C(=O)Nc2scnc2-c2ccccc2)nnn1C1CCNCC1. The standard InChI is InChI=1S/C18H20N6OS/c1-12-15(22-23-24(12)14-7-9-19-10-8-14)17(25)21-18-16(20-11-26-18)13-5-3-2-4-6-13/h2-6,11,14,19H,7-10H2,1H3,(H,21,25). The summed E-state index contributed by atoms with van der Waals surface area (Å²) in [4.78, 5) is 17.1. The number of carbonyl (C=O) groups is 1. The number of nitrogens with one attached hydrogen (secondary N) is 2. The maximum Gasteiger partial charge on any atom is 0.278 e. The van der Waals surface area contributed by atoms with Crippen LogP contribution >= 0.6 is 11.3 Å². The van der Waals surface area contributed by atoms with Gasteiger partial charge in [-0.15, -0.1) is 16.4 Å². The molecule has 134 valence electrons. The molecule has 26 heavy (non-hydrogen) atoms. The topological polar surface area (TPSA) is 84.7 Å². The lowest BCUT2D eigenvalue weighted by atomic mass is 10.1. The summed E-state index contributed by atoms with van der Waals surface area (Å²) in [6.07, 6.45) is 2.00. The van der Waals surface area contributed by atoms with Crippen molar-refractivity contribution < 1.29 is 4.79 Å². The molecule has 2 N–H and O–H groups in total. The van der Waals surface area contributed by atoms with E-state index in [9.17, 15) is 4.79 Å². The van der Waals surface area contributed by atoms with Gasteiger partial charge < -0.3 is 10.6 Å². The highest BCUT2D eigenvalue weighted by atomic mass is 32.1. The van der Waals surface area contributed by atoms with Gasteiger partial charge in [0.25, 0.3) is 5.91 Å². The van der Waals surface area contributed by atoms with Crippen molar-refractivity contribution in [3.05, 3.63) is 47.2 Å². The predicted molar refractivity (Wildman–Crippen MR) is 101 cm³/mol. The zero-order valence-corrected chi connectivity index (χ0v) is 15.3. The maximum absolute atomic E-state index is 12.8. The Morgan fingerprint density at radius 1 is 1.27 bits per heavy atom. The molecule has 7 nitrogen and oxygen atoms in total. The number of thiazole rings is 1. The molecule has 1 fully saturated rings. The van der Waals surface area contributed by atoms with Crippen LogP contribution in [-0.4, -0.2) is 39.0 Å². The Labute approximate surface area is 155 Å². The molecule has 0 atom stereocenters. The van der Waals surface area contributed by atoms with Crippen molar-refractivity contribution in [1.82, 2.24) is 25.3 Å². The van der Waals surface area contributed by atoms with Crippen LogP contribution in [-0.2, 0) is 0 Å². The Hall–Kier alpha value is -2.58. The van der Waals surface area contributed by atoms with Gasteiger partial charge in [0.05, 0.1) is 17.2 Å². The van der Waals surface area contributed by atoms with Gasteiger partial charge in [-0.25, -0.2) is 9.67 Å². The fourth-order valence-corrected chi connectivity index (χ4v) is 3.94. The van der Waals surface area contributed by atoms with Crippen LogP contribution < -0.4 is 10.6 Å². The molecule has 4 rings (SSSR count). The maximum atomic E-state index is 12.8. The molecule has 2 aromatic heterocycles. The number of aromatic nitrogens is 4. The largest absolute Gasteiger partial charge is 0.317 e. The zero-order chi connectivity index (χ0) is 17.9. The van der Waals surface area contributed by atoms with Gasteiger partial charge in [-0.1, -0.05) is 35.5 Å². The van der Waals surface area contributed by atoms with Crippen LogP contribution in [0.4, 0.5) is 5.00 Å². The van der Waals surface area contributed by atoms with Gasteiger partial charge in [0.15, 0.2) is 5.69 Å². The first-order valence-corrected chi connectivity index (χ1v) is 9.55. The first-order chi connectivity index (χ1) is 12.7. The molecule has 0 unspecified atom stereocenters. The number of rotatable bonds is 4. The summed E-state index contributed by atoms with van der Waals surface area (Å²) in [7, 11) is 0. The molecule has 3 heterocycles. The molecule has 1 amide bonds. The number of nitrogens with zero attached hydrogens (tertiary/aromatic N) is 4. The van der Waals surface area contributed by atoms with E-state index in [1.165, 1.54) is 11.3 Å². The number of hydrogen-bond acceptors (Lipinski definition) is 6. The molecule has 0 saturated carbocycles. The van der Waals surface area contributed by atoms with Gasteiger partial charge in [-0.05, 0) is 32.9 Å². The Balaban J connectivity index is 1.55. The monoisotopic (exact) mass is 368 g/mol. The molecule has 0 spiro atoms. The van der Waals surface area contributed by atoms with Crippen LogP contribution in [0.2, 0.25) is 0 Å². The van der Waals surface area contributed by atoms with Gasteiger partial charge in [0, 0.05) is 5.56 Å². The third kappa shape index (κ3) is 3.25. The lowest BCUT2D eigenvalue weighted by molar-refractivity contribution is 0.102. The van der Waals surface area contributed by atoms with Gasteiger partial charge in [-0.2, -0.15) is 0 Å². The molecule has 1 aliphatic heterocycles. The summed E-state index contributed by atoms with van der Waals surface area (Å²) in [5.41, 5.74) is 4.65. The molecule has 1 aromatic carbocycles. The molecule has 8 heteroatoms. The summed E-state index contributed by atoms with van der Waals surface area (Å²) < 4.78 is 1.89. The van der Waals surface area contributed by atoms with Crippen molar-refractivity contribution in [1.29, 1.82) is 0 Å². The van der Waals surface area contributed by atoms with E-state index in [4.69, 9.17) is 0 Å². The molecule has 0 bridgehead atoms. The Morgan fingerprint density at radius 3 is 2.81 bits per heavy atom. The average molecular weight is 368 g/mol. The second-order valence-corrected chi connectivity index (χ2v) is 7.15. The van der Waals surface area contributed by atoms with Crippen LogP contribution in [0.25, 0.3) is 11.3 Å². The highest BCUT2D eigenvalue weighted by Crippen LogP contribution is 2.30. The third-order valence-electron chi connectivity index (χ3n) is 4.64. The Bertz CT molecular complexity index is 898. The molecule has 1 saturated heterocycles. The van der Waals surface area contributed by atoms with Crippen LogP contribution in [0.5, 0.6) is 0 Å². The number of benzene rings is 1. The number of hydrogen-bond donors (Lipinski definition) is 2. The fraction of sp³-hybridized carbons (Fsp3) is 0.333.